The van der Waals surface area contributed by atoms with Crippen LogP contribution >= 0.6 is 0 Å². The number of hydrogen-bond donors (Lipinski definition) is 0. The van der Waals surface area contributed by atoms with E-state index >= 15 is 0 Å². The van der Waals surface area contributed by atoms with Gasteiger partial charge in [-0.15, -0.1) is 0 Å². The molecule has 5 heteroatoms. The molecule has 2 fully saturated rings. The van der Waals surface area contributed by atoms with Gasteiger partial charge in [0.1, 0.15) is 0 Å². The molecule has 0 radical (unpaired) electrons. The molecule has 2 unspecified atom stereocenters. The third-order valence-electron chi connectivity index (χ3n) is 7.52. The van der Waals surface area contributed by atoms with Gasteiger partial charge in [0.05, 0.1) is 6.04 Å². The van der Waals surface area contributed by atoms with Crippen LogP contribution in [0.5, 0.6) is 0 Å². The van der Waals surface area contributed by atoms with Gasteiger partial charge >= 0.3 is 0 Å². The van der Waals surface area contributed by atoms with Crippen LogP contribution in [0, 0.1) is 5.92 Å². The molecule has 2 aliphatic rings. The molecule has 0 spiro atoms. The van der Waals surface area contributed by atoms with Gasteiger partial charge in [0.15, 0.2) is 0 Å². The number of benzene rings is 2. The van der Waals surface area contributed by atoms with Gasteiger partial charge in [0.25, 0.3) is 11.8 Å². The Labute approximate surface area is 198 Å². The minimum atomic E-state index is -0.0399. The van der Waals surface area contributed by atoms with Crippen molar-refractivity contribution in [3.8, 4) is 0 Å². The minimum Gasteiger partial charge on any atom is -0.339 e. The molecule has 33 heavy (non-hydrogen) atoms. The Morgan fingerprint density at radius 3 is 2.18 bits per heavy atom. The van der Waals surface area contributed by atoms with Crippen molar-refractivity contribution in [2.75, 3.05) is 33.2 Å². The SMILES string of the molecule is CC1CCCN(C2CCN(C(=O)c3ccc(C(=O)N(C)C(C)c4ccccc4)cc3)CC2)C1. The lowest BCUT2D eigenvalue weighted by Gasteiger charge is -2.41. The summed E-state index contributed by atoms with van der Waals surface area (Å²) < 4.78 is 0. The maximum Gasteiger partial charge on any atom is 0.254 e. The fourth-order valence-corrected chi connectivity index (χ4v) is 5.26. The Morgan fingerprint density at radius 1 is 0.909 bits per heavy atom. The van der Waals surface area contributed by atoms with Crippen LogP contribution in [0.15, 0.2) is 54.6 Å². The highest BCUT2D eigenvalue weighted by Crippen LogP contribution is 2.25. The van der Waals surface area contributed by atoms with Gasteiger partial charge < -0.3 is 9.80 Å². The van der Waals surface area contributed by atoms with E-state index in [1.54, 1.807) is 29.2 Å². The maximum absolute atomic E-state index is 13.1. The number of hydrogen-bond acceptors (Lipinski definition) is 3. The van der Waals surface area contributed by atoms with Crippen LogP contribution in [0.1, 0.15) is 71.9 Å². The van der Waals surface area contributed by atoms with Crippen molar-refractivity contribution in [1.29, 1.82) is 0 Å². The van der Waals surface area contributed by atoms with E-state index in [1.165, 1.54) is 25.9 Å². The number of likely N-dealkylation sites (tertiary alicyclic amines) is 2. The monoisotopic (exact) mass is 447 g/mol. The number of piperidine rings is 2. The zero-order valence-corrected chi connectivity index (χ0v) is 20.2. The standard InChI is InChI=1S/C28H37N3O2/c1-21-8-7-17-31(20-21)26-15-18-30(19-16-26)28(33)25-13-11-24(12-14-25)27(32)29(3)22(2)23-9-5-4-6-10-23/h4-6,9-14,21-22,26H,7-8,15-20H2,1-3H3. The molecule has 2 heterocycles. The molecule has 4 rings (SSSR count). The lowest BCUT2D eigenvalue weighted by molar-refractivity contribution is 0.0541. The van der Waals surface area contributed by atoms with Crippen molar-refractivity contribution >= 4 is 11.8 Å². The summed E-state index contributed by atoms with van der Waals surface area (Å²) in [6.07, 6.45) is 4.74. The maximum atomic E-state index is 13.1. The van der Waals surface area contributed by atoms with E-state index in [4.69, 9.17) is 0 Å². The van der Waals surface area contributed by atoms with E-state index in [9.17, 15) is 9.59 Å². The molecule has 5 nitrogen and oxygen atoms in total. The lowest BCUT2D eigenvalue weighted by atomic mass is 9.95. The second kappa shape index (κ2) is 10.5. The van der Waals surface area contributed by atoms with Crippen LogP contribution in [0.25, 0.3) is 0 Å². The predicted octanol–water partition coefficient (Wildman–Crippen LogP) is 4.86. The van der Waals surface area contributed by atoms with E-state index < -0.39 is 0 Å². The van der Waals surface area contributed by atoms with E-state index in [1.807, 2.05) is 49.2 Å². The van der Waals surface area contributed by atoms with E-state index in [0.717, 1.165) is 37.4 Å². The summed E-state index contributed by atoms with van der Waals surface area (Å²) in [7, 11) is 1.83. The molecular weight excluding hydrogens is 410 g/mol. The molecule has 0 N–H and O–H groups in total. The number of amides is 2. The van der Waals surface area contributed by atoms with Crippen molar-refractivity contribution < 1.29 is 9.59 Å². The molecule has 0 bridgehead atoms. The Morgan fingerprint density at radius 2 is 1.55 bits per heavy atom. The third-order valence-corrected chi connectivity index (χ3v) is 7.52. The second-order valence-corrected chi connectivity index (χ2v) is 9.85. The van der Waals surface area contributed by atoms with Crippen LogP contribution < -0.4 is 0 Å². The Kier molecular flexibility index (Phi) is 7.49. The Bertz CT molecular complexity index is 935. The van der Waals surface area contributed by atoms with Gasteiger partial charge in [-0.1, -0.05) is 37.3 Å². The first-order valence-electron chi connectivity index (χ1n) is 12.4. The van der Waals surface area contributed by atoms with Crippen LogP contribution in [0.4, 0.5) is 0 Å². The van der Waals surface area contributed by atoms with E-state index in [0.29, 0.717) is 17.2 Å². The van der Waals surface area contributed by atoms with Crippen molar-refractivity contribution in [3.63, 3.8) is 0 Å². The van der Waals surface area contributed by atoms with Crippen molar-refractivity contribution in [3.05, 3.63) is 71.3 Å². The van der Waals surface area contributed by atoms with Gasteiger partial charge in [0.2, 0.25) is 0 Å². The van der Waals surface area contributed by atoms with Gasteiger partial charge in [-0.25, -0.2) is 0 Å². The quantitative estimate of drug-likeness (QED) is 0.658. The zero-order chi connectivity index (χ0) is 23.4. The molecule has 0 saturated carbocycles. The fourth-order valence-electron chi connectivity index (χ4n) is 5.26. The highest BCUT2D eigenvalue weighted by Gasteiger charge is 2.29. The highest BCUT2D eigenvalue weighted by atomic mass is 16.2. The minimum absolute atomic E-state index is 0.0239. The second-order valence-electron chi connectivity index (χ2n) is 9.85. The van der Waals surface area contributed by atoms with Gasteiger partial charge in [-0.05, 0) is 74.9 Å². The largest absolute Gasteiger partial charge is 0.339 e. The molecular formula is C28H37N3O2. The summed E-state index contributed by atoms with van der Waals surface area (Å²) in [5.74, 6) is 0.821. The van der Waals surface area contributed by atoms with Crippen molar-refractivity contribution in [2.24, 2.45) is 5.92 Å². The van der Waals surface area contributed by atoms with Gasteiger partial charge in [-0.3, -0.25) is 14.5 Å². The van der Waals surface area contributed by atoms with Crippen LogP contribution in [-0.4, -0.2) is 65.8 Å². The fraction of sp³-hybridized carbons (Fsp3) is 0.500. The van der Waals surface area contributed by atoms with Gasteiger partial charge in [0, 0.05) is 43.9 Å². The lowest BCUT2D eigenvalue weighted by Crippen LogP contribution is -2.49. The number of carbonyl (C=O) groups is 2. The molecule has 2 aliphatic heterocycles. The molecule has 2 atom stereocenters. The van der Waals surface area contributed by atoms with E-state index in [2.05, 4.69) is 11.8 Å². The highest BCUT2D eigenvalue weighted by molar-refractivity contribution is 5.98. The topological polar surface area (TPSA) is 43.9 Å². The Balaban J connectivity index is 1.33. The molecule has 2 amide bonds. The summed E-state index contributed by atoms with van der Waals surface area (Å²) in [6.45, 7) is 8.40. The Hall–Kier alpha value is -2.66. The molecule has 176 valence electrons. The molecule has 0 aromatic heterocycles. The first kappa shape index (κ1) is 23.5. The first-order chi connectivity index (χ1) is 15.9. The summed E-state index contributed by atoms with van der Waals surface area (Å²) in [5.41, 5.74) is 2.37. The average Bonchev–Trinajstić information content (AvgIpc) is 2.87. The molecule has 0 aliphatic carbocycles. The normalized spacial score (nSPS) is 20.9. The van der Waals surface area contributed by atoms with Gasteiger partial charge in [-0.2, -0.15) is 0 Å². The number of carbonyl (C=O) groups excluding carboxylic acids is 2. The van der Waals surface area contributed by atoms with Crippen molar-refractivity contribution in [2.45, 2.75) is 51.6 Å². The molecule has 2 aromatic rings. The number of nitrogens with zero attached hydrogens (tertiary/aromatic N) is 3. The van der Waals surface area contributed by atoms with Crippen LogP contribution in [0.3, 0.4) is 0 Å². The van der Waals surface area contributed by atoms with Crippen LogP contribution in [-0.2, 0) is 0 Å². The predicted molar refractivity (Wildman–Crippen MR) is 132 cm³/mol. The van der Waals surface area contributed by atoms with Crippen LogP contribution in [0.2, 0.25) is 0 Å². The third kappa shape index (κ3) is 5.47. The molecule has 2 aromatic carbocycles. The summed E-state index contributed by atoms with van der Waals surface area (Å²) in [6, 6.07) is 17.8. The summed E-state index contributed by atoms with van der Waals surface area (Å²) in [5, 5.41) is 0. The zero-order valence-electron chi connectivity index (χ0n) is 20.2. The smallest absolute Gasteiger partial charge is 0.254 e. The first-order valence-corrected chi connectivity index (χ1v) is 12.4. The average molecular weight is 448 g/mol. The molecule has 2 saturated heterocycles. The van der Waals surface area contributed by atoms with E-state index in [-0.39, 0.29) is 17.9 Å². The van der Waals surface area contributed by atoms with Crippen molar-refractivity contribution in [1.82, 2.24) is 14.7 Å². The summed E-state index contributed by atoms with van der Waals surface area (Å²) >= 11 is 0. The number of rotatable bonds is 5. The summed E-state index contributed by atoms with van der Waals surface area (Å²) in [4.78, 5) is 32.4.